The molecule has 3 rings (SSSR count). The summed E-state index contributed by atoms with van der Waals surface area (Å²) < 4.78 is 32.2. The number of sulfonamides is 1. The third-order valence-electron chi connectivity index (χ3n) is 6.30. The van der Waals surface area contributed by atoms with Crippen molar-refractivity contribution in [3.63, 3.8) is 0 Å². The van der Waals surface area contributed by atoms with Gasteiger partial charge in [0.25, 0.3) is 0 Å². The highest BCUT2D eigenvalue weighted by atomic mass is 35.5. The van der Waals surface area contributed by atoms with Gasteiger partial charge in [0.15, 0.2) is 0 Å². The van der Waals surface area contributed by atoms with Crippen molar-refractivity contribution in [1.82, 2.24) is 9.62 Å². The van der Waals surface area contributed by atoms with Gasteiger partial charge in [-0.3, -0.25) is 4.79 Å². The molecule has 1 saturated carbocycles. The molecule has 1 fully saturated rings. The fraction of sp³-hybridized carbons (Fsp3) is 0.480. The maximum Gasteiger partial charge on any atom is 0.246 e. The van der Waals surface area contributed by atoms with Gasteiger partial charge >= 0.3 is 0 Å². The first-order valence-electron chi connectivity index (χ1n) is 11.7. The number of amides is 1. The van der Waals surface area contributed by atoms with Crippen LogP contribution in [0, 0.1) is 5.92 Å². The fourth-order valence-corrected chi connectivity index (χ4v) is 7.14. The summed E-state index contributed by atoms with van der Waals surface area (Å²) in [6, 6.07) is 11.2. The summed E-state index contributed by atoms with van der Waals surface area (Å²) in [5, 5.41) is 3.17. The number of para-hydroxylation sites is 1. The van der Waals surface area contributed by atoms with E-state index in [0.29, 0.717) is 5.92 Å². The molecule has 11 heteroatoms. The van der Waals surface area contributed by atoms with E-state index in [-0.39, 0.29) is 51.7 Å². The lowest BCUT2D eigenvalue weighted by molar-refractivity contribution is -0.126. The van der Waals surface area contributed by atoms with Crippen LogP contribution < -0.4 is 10.2 Å². The van der Waals surface area contributed by atoms with Crippen LogP contribution in [0.5, 0.6) is 0 Å². The maximum atomic E-state index is 12.8. The Bertz CT molecular complexity index is 1150. The van der Waals surface area contributed by atoms with Gasteiger partial charge in [-0.15, -0.1) is 0 Å². The zero-order valence-electron chi connectivity index (χ0n) is 20.6. The number of carbonyl (C=O) groups excluding carboxylic acids is 1. The molecule has 7 nitrogen and oxygen atoms in total. The SMILES string of the molecule is CN(C)c1ccccc1CC1CCC(NC(=O)COCCN(C)S(=O)(=O)c2c(Cl)cc(Cl)cc2Cl)C1. The molecule has 1 N–H and O–H groups in total. The Morgan fingerprint density at radius 1 is 1.08 bits per heavy atom. The van der Waals surface area contributed by atoms with Crippen molar-refractivity contribution in [2.24, 2.45) is 5.92 Å². The van der Waals surface area contributed by atoms with Gasteiger partial charge in [0, 0.05) is 44.4 Å². The minimum Gasteiger partial charge on any atom is -0.377 e. The summed E-state index contributed by atoms with van der Waals surface area (Å²) in [5.41, 5.74) is 2.55. The third kappa shape index (κ3) is 7.49. The van der Waals surface area contributed by atoms with Crippen LogP contribution in [0.15, 0.2) is 41.3 Å². The summed E-state index contributed by atoms with van der Waals surface area (Å²) in [6.45, 7) is -0.0662. The number of ether oxygens (including phenoxy) is 1. The first kappa shape index (κ1) is 29.0. The van der Waals surface area contributed by atoms with E-state index in [1.165, 1.54) is 30.4 Å². The average molecular weight is 577 g/mol. The molecule has 0 aromatic heterocycles. The molecule has 0 spiro atoms. The second kappa shape index (κ2) is 12.8. The van der Waals surface area contributed by atoms with Gasteiger partial charge in [-0.1, -0.05) is 53.0 Å². The van der Waals surface area contributed by atoms with Gasteiger partial charge in [-0.2, -0.15) is 4.31 Å². The Morgan fingerprint density at radius 3 is 2.42 bits per heavy atom. The number of nitrogens with zero attached hydrogens (tertiary/aromatic N) is 2. The number of benzene rings is 2. The van der Waals surface area contributed by atoms with Crippen LogP contribution in [-0.2, 0) is 26.0 Å². The van der Waals surface area contributed by atoms with Crippen molar-refractivity contribution in [2.75, 3.05) is 45.8 Å². The molecule has 0 heterocycles. The van der Waals surface area contributed by atoms with Crippen LogP contribution in [0.4, 0.5) is 5.69 Å². The Balaban J connectivity index is 1.42. The Hall–Kier alpha value is -1.55. The second-order valence-electron chi connectivity index (χ2n) is 9.25. The highest BCUT2D eigenvalue weighted by molar-refractivity contribution is 7.89. The maximum absolute atomic E-state index is 12.8. The predicted molar refractivity (Wildman–Crippen MR) is 146 cm³/mol. The van der Waals surface area contributed by atoms with Gasteiger partial charge in [-0.25, -0.2) is 8.42 Å². The van der Waals surface area contributed by atoms with Crippen molar-refractivity contribution in [3.8, 4) is 0 Å². The van der Waals surface area contributed by atoms with Crippen molar-refractivity contribution >= 4 is 56.4 Å². The average Bonchev–Trinajstić information content (AvgIpc) is 3.22. The van der Waals surface area contributed by atoms with E-state index in [0.717, 1.165) is 30.0 Å². The lowest BCUT2D eigenvalue weighted by atomic mass is 9.96. The van der Waals surface area contributed by atoms with Crippen LogP contribution in [0.2, 0.25) is 15.1 Å². The van der Waals surface area contributed by atoms with Gasteiger partial charge in [-0.05, 0) is 55.4 Å². The summed E-state index contributed by atoms with van der Waals surface area (Å²) in [6.07, 6.45) is 3.91. The molecule has 0 aliphatic heterocycles. The van der Waals surface area contributed by atoms with Gasteiger partial charge in [0.2, 0.25) is 15.9 Å². The van der Waals surface area contributed by atoms with Crippen LogP contribution in [0.3, 0.4) is 0 Å². The summed E-state index contributed by atoms with van der Waals surface area (Å²) >= 11 is 18.0. The smallest absolute Gasteiger partial charge is 0.246 e. The summed E-state index contributed by atoms with van der Waals surface area (Å²) in [7, 11) is 1.54. The molecule has 2 aromatic rings. The Labute approximate surface area is 228 Å². The molecule has 0 saturated heterocycles. The molecule has 0 radical (unpaired) electrons. The Morgan fingerprint density at radius 2 is 1.75 bits per heavy atom. The molecule has 1 amide bonds. The van der Waals surface area contributed by atoms with Crippen molar-refractivity contribution < 1.29 is 17.9 Å². The monoisotopic (exact) mass is 575 g/mol. The first-order chi connectivity index (χ1) is 17.0. The number of rotatable bonds is 11. The zero-order chi connectivity index (χ0) is 26.5. The number of nitrogens with one attached hydrogen (secondary N) is 1. The van der Waals surface area contributed by atoms with E-state index in [9.17, 15) is 13.2 Å². The van der Waals surface area contributed by atoms with Gasteiger partial charge < -0.3 is 15.0 Å². The van der Waals surface area contributed by atoms with Crippen LogP contribution in [0.25, 0.3) is 0 Å². The summed E-state index contributed by atoms with van der Waals surface area (Å²) in [5.74, 6) is 0.311. The van der Waals surface area contributed by atoms with Crippen molar-refractivity contribution in [1.29, 1.82) is 0 Å². The van der Waals surface area contributed by atoms with E-state index in [2.05, 4.69) is 28.4 Å². The number of likely N-dealkylation sites (N-methyl/N-ethyl adjacent to an activating group) is 1. The highest BCUT2D eigenvalue weighted by Gasteiger charge is 2.28. The van der Waals surface area contributed by atoms with Gasteiger partial charge in [0.1, 0.15) is 11.5 Å². The molecule has 1 aliphatic rings. The van der Waals surface area contributed by atoms with Crippen molar-refractivity contribution in [2.45, 2.75) is 36.6 Å². The normalized spacial score (nSPS) is 18.0. The molecule has 198 valence electrons. The Kier molecular flexibility index (Phi) is 10.3. The second-order valence-corrected chi connectivity index (χ2v) is 12.5. The van der Waals surface area contributed by atoms with E-state index >= 15 is 0 Å². The van der Waals surface area contributed by atoms with E-state index in [4.69, 9.17) is 39.5 Å². The van der Waals surface area contributed by atoms with E-state index in [1.54, 1.807) is 0 Å². The van der Waals surface area contributed by atoms with E-state index in [1.807, 2.05) is 20.2 Å². The zero-order valence-corrected chi connectivity index (χ0v) is 23.7. The topological polar surface area (TPSA) is 79.0 Å². The van der Waals surface area contributed by atoms with Crippen LogP contribution in [0.1, 0.15) is 24.8 Å². The quantitative estimate of drug-likeness (QED) is 0.386. The largest absolute Gasteiger partial charge is 0.377 e. The number of hydrogen-bond donors (Lipinski definition) is 1. The number of hydrogen-bond acceptors (Lipinski definition) is 5. The van der Waals surface area contributed by atoms with Crippen molar-refractivity contribution in [3.05, 3.63) is 57.0 Å². The highest BCUT2D eigenvalue weighted by Crippen LogP contribution is 2.34. The van der Waals surface area contributed by atoms with Gasteiger partial charge in [0.05, 0.1) is 16.7 Å². The minimum atomic E-state index is -3.95. The molecule has 0 bridgehead atoms. The fourth-order valence-electron chi connectivity index (χ4n) is 4.50. The lowest BCUT2D eigenvalue weighted by Crippen LogP contribution is -2.37. The molecule has 36 heavy (non-hydrogen) atoms. The molecular formula is C25H32Cl3N3O4S. The minimum absolute atomic E-state index is 0.0294. The number of halogens is 3. The molecule has 1 aliphatic carbocycles. The van der Waals surface area contributed by atoms with Crippen LogP contribution >= 0.6 is 34.8 Å². The van der Waals surface area contributed by atoms with E-state index < -0.39 is 10.0 Å². The summed E-state index contributed by atoms with van der Waals surface area (Å²) in [4.78, 5) is 14.3. The molecule has 2 atom stereocenters. The molecule has 2 unspecified atom stereocenters. The number of carbonyl (C=O) groups is 1. The molecular weight excluding hydrogens is 545 g/mol. The predicted octanol–water partition coefficient (Wildman–Crippen LogP) is 4.88. The first-order valence-corrected chi connectivity index (χ1v) is 14.3. The van der Waals surface area contributed by atoms with Crippen LogP contribution in [-0.4, -0.2) is 65.6 Å². The third-order valence-corrected chi connectivity index (χ3v) is 9.30. The lowest BCUT2D eigenvalue weighted by Gasteiger charge is -2.20. The standard InChI is InChI=1S/C25H32Cl3N3O4S/c1-30(2)23-7-5-4-6-18(23)12-17-8-9-20(13-17)29-24(32)16-35-11-10-31(3)36(33,34)25-21(27)14-19(26)15-22(25)28/h4-7,14-15,17,20H,8-13,16H2,1-3H3,(H,29,32). The number of anilines is 1. The molecule has 2 aromatic carbocycles.